The highest BCUT2D eigenvalue weighted by molar-refractivity contribution is 7.96. The molecule has 0 aliphatic carbocycles. The Morgan fingerprint density at radius 2 is 1.21 bits per heavy atom. The molecule has 3 aromatic carbocycles. The molecule has 5 heteroatoms. The van der Waals surface area contributed by atoms with Crippen molar-refractivity contribution >= 4 is 29.1 Å². The Labute approximate surface area is 206 Å². The first-order valence-corrected chi connectivity index (χ1v) is 12.9. The van der Waals surface area contributed by atoms with Crippen molar-refractivity contribution in [1.82, 2.24) is 9.88 Å². The number of aromatic nitrogens is 1. The zero-order valence-corrected chi connectivity index (χ0v) is 20.8. The third kappa shape index (κ3) is 4.38. The van der Waals surface area contributed by atoms with E-state index in [1.165, 1.54) is 15.9 Å². The number of halogens is 1. The van der Waals surface area contributed by atoms with E-state index in [-0.39, 0.29) is 28.5 Å². The normalized spacial score (nSPS) is 15.8. The van der Waals surface area contributed by atoms with Crippen molar-refractivity contribution in [1.29, 1.82) is 0 Å². The van der Waals surface area contributed by atoms with Crippen molar-refractivity contribution in [3.8, 4) is 0 Å². The SMILES string of the molecule is O=C1C([P+](c2ccccc2)(c2ccccc2)c2ccccc2)CCN1Cc1ccccn1.[Br-]. The van der Waals surface area contributed by atoms with Gasteiger partial charge >= 0.3 is 0 Å². The van der Waals surface area contributed by atoms with Crippen LogP contribution in [0, 0.1) is 0 Å². The molecule has 0 spiro atoms. The van der Waals surface area contributed by atoms with Crippen LogP contribution in [-0.4, -0.2) is 28.0 Å². The molecule has 0 saturated carbocycles. The van der Waals surface area contributed by atoms with Crippen LogP contribution in [-0.2, 0) is 11.3 Å². The van der Waals surface area contributed by atoms with E-state index in [0.29, 0.717) is 6.54 Å². The van der Waals surface area contributed by atoms with Gasteiger partial charge in [-0.2, -0.15) is 0 Å². The molecule has 1 aliphatic heterocycles. The van der Waals surface area contributed by atoms with Crippen LogP contribution in [0.5, 0.6) is 0 Å². The minimum absolute atomic E-state index is 0. The van der Waals surface area contributed by atoms with Crippen LogP contribution in [0.2, 0.25) is 0 Å². The fourth-order valence-electron chi connectivity index (χ4n) is 4.90. The lowest BCUT2D eigenvalue weighted by Gasteiger charge is -2.32. The summed E-state index contributed by atoms with van der Waals surface area (Å²) in [7, 11) is -2.21. The van der Waals surface area contributed by atoms with Gasteiger partial charge in [0.2, 0.25) is 0 Å². The van der Waals surface area contributed by atoms with Crippen molar-refractivity contribution in [2.24, 2.45) is 0 Å². The molecule has 1 fully saturated rings. The Morgan fingerprint density at radius 3 is 1.67 bits per heavy atom. The average molecular weight is 517 g/mol. The van der Waals surface area contributed by atoms with Gasteiger partial charge in [-0.1, -0.05) is 60.7 Å². The number of likely N-dealkylation sites (tertiary alicyclic amines) is 1. The maximum Gasteiger partial charge on any atom is 0.264 e. The summed E-state index contributed by atoms with van der Waals surface area (Å²) >= 11 is 0. The van der Waals surface area contributed by atoms with Gasteiger partial charge < -0.3 is 21.9 Å². The van der Waals surface area contributed by atoms with Crippen LogP contribution >= 0.6 is 7.26 Å². The molecule has 166 valence electrons. The van der Waals surface area contributed by atoms with Gasteiger partial charge in [0.15, 0.2) is 5.66 Å². The van der Waals surface area contributed by atoms with E-state index in [9.17, 15) is 4.79 Å². The Morgan fingerprint density at radius 1 is 0.727 bits per heavy atom. The van der Waals surface area contributed by atoms with Gasteiger partial charge in [-0.05, 0) is 48.5 Å². The molecule has 0 bridgehead atoms. The van der Waals surface area contributed by atoms with Crippen molar-refractivity contribution in [2.75, 3.05) is 6.54 Å². The van der Waals surface area contributed by atoms with Gasteiger partial charge in [0, 0.05) is 19.2 Å². The van der Waals surface area contributed by atoms with E-state index in [2.05, 4.69) is 96.0 Å². The summed E-state index contributed by atoms with van der Waals surface area (Å²) in [6.07, 6.45) is 2.64. The van der Waals surface area contributed by atoms with Gasteiger partial charge in [-0.25, -0.2) is 0 Å². The number of hydrogen-bond acceptors (Lipinski definition) is 2. The molecule has 1 amide bonds. The summed E-state index contributed by atoms with van der Waals surface area (Å²) in [5, 5.41) is 3.78. The summed E-state index contributed by atoms with van der Waals surface area (Å²) in [6.45, 7) is 1.32. The second kappa shape index (κ2) is 10.4. The van der Waals surface area contributed by atoms with E-state index in [4.69, 9.17) is 0 Å². The number of nitrogens with zero attached hydrogens (tertiary/aromatic N) is 2. The minimum atomic E-state index is -2.21. The molecule has 0 radical (unpaired) electrons. The largest absolute Gasteiger partial charge is 1.00 e. The molecule has 3 nitrogen and oxygen atoms in total. The van der Waals surface area contributed by atoms with Crippen molar-refractivity contribution in [3.05, 3.63) is 121 Å². The Hall–Kier alpha value is -2.81. The van der Waals surface area contributed by atoms with Crippen LogP contribution in [0.3, 0.4) is 0 Å². The highest BCUT2D eigenvalue weighted by Crippen LogP contribution is 2.62. The standard InChI is InChI=1S/C28H26N2OP.BrH/c31-28-27(19-21-30(28)22-23-12-10-11-20-29-23)32(24-13-4-1-5-14-24,25-15-6-2-7-16-25)26-17-8-3-9-18-26;/h1-18,20,27H,19,21-22H2;1H/q+1;/p-1. The first-order chi connectivity index (χ1) is 15.8. The number of amides is 1. The van der Waals surface area contributed by atoms with Crippen LogP contribution in [0.15, 0.2) is 115 Å². The Kier molecular flexibility index (Phi) is 7.37. The monoisotopic (exact) mass is 516 g/mol. The number of pyridine rings is 1. The zero-order chi connectivity index (χ0) is 21.8. The predicted molar refractivity (Wildman–Crippen MR) is 133 cm³/mol. The van der Waals surface area contributed by atoms with Gasteiger partial charge in [-0.3, -0.25) is 9.78 Å². The molecule has 1 saturated heterocycles. The third-order valence-corrected chi connectivity index (χ3v) is 11.1. The number of carbonyl (C=O) groups is 1. The summed E-state index contributed by atoms with van der Waals surface area (Å²) in [6, 6.07) is 37.9. The van der Waals surface area contributed by atoms with E-state index in [1.807, 2.05) is 23.1 Å². The molecule has 1 unspecified atom stereocenters. The van der Waals surface area contributed by atoms with Crippen molar-refractivity contribution in [2.45, 2.75) is 18.6 Å². The molecule has 1 aromatic heterocycles. The first-order valence-electron chi connectivity index (χ1n) is 11.0. The van der Waals surface area contributed by atoms with Crippen molar-refractivity contribution in [3.63, 3.8) is 0 Å². The van der Waals surface area contributed by atoms with E-state index >= 15 is 0 Å². The molecule has 1 atom stereocenters. The van der Waals surface area contributed by atoms with Crippen LogP contribution in [0.1, 0.15) is 12.1 Å². The summed E-state index contributed by atoms with van der Waals surface area (Å²) < 4.78 is 0. The smallest absolute Gasteiger partial charge is 0.264 e. The average Bonchev–Trinajstić information content (AvgIpc) is 3.22. The number of benzene rings is 3. The summed E-state index contributed by atoms with van der Waals surface area (Å²) in [5.74, 6) is 0.237. The molecule has 2 heterocycles. The van der Waals surface area contributed by atoms with Gasteiger partial charge in [0.25, 0.3) is 5.91 Å². The van der Waals surface area contributed by atoms with Gasteiger partial charge in [-0.15, -0.1) is 0 Å². The quantitative estimate of drug-likeness (QED) is 0.360. The second-order valence-electron chi connectivity index (χ2n) is 8.11. The van der Waals surface area contributed by atoms with E-state index in [0.717, 1.165) is 18.7 Å². The first kappa shape index (κ1) is 23.4. The van der Waals surface area contributed by atoms with Crippen LogP contribution < -0.4 is 32.9 Å². The molecule has 4 aromatic rings. The highest BCUT2D eigenvalue weighted by Gasteiger charge is 2.58. The number of carbonyl (C=O) groups excluding carboxylic acids is 1. The lowest BCUT2D eigenvalue weighted by molar-refractivity contribution is -0.127. The topological polar surface area (TPSA) is 33.2 Å². The molecular formula is C28H26BrN2OP. The maximum atomic E-state index is 14.0. The fourth-order valence-corrected chi connectivity index (χ4v) is 9.80. The summed E-state index contributed by atoms with van der Waals surface area (Å²) in [4.78, 5) is 20.5. The highest BCUT2D eigenvalue weighted by atomic mass is 79.9. The molecule has 1 aliphatic rings. The predicted octanol–water partition coefficient (Wildman–Crippen LogP) is 1.18. The number of hydrogen-bond donors (Lipinski definition) is 0. The third-order valence-electron chi connectivity index (χ3n) is 6.31. The van der Waals surface area contributed by atoms with Gasteiger partial charge in [0.05, 0.1) is 12.2 Å². The van der Waals surface area contributed by atoms with E-state index < -0.39 is 7.26 Å². The fraction of sp³-hybridized carbons (Fsp3) is 0.143. The van der Waals surface area contributed by atoms with Crippen LogP contribution in [0.25, 0.3) is 0 Å². The zero-order valence-electron chi connectivity index (χ0n) is 18.3. The maximum absolute atomic E-state index is 14.0. The molecule has 5 rings (SSSR count). The lowest BCUT2D eigenvalue weighted by atomic mass is 10.3. The Bertz CT molecular complexity index is 1080. The van der Waals surface area contributed by atoms with Gasteiger partial charge in [0.1, 0.15) is 23.2 Å². The molecular weight excluding hydrogens is 491 g/mol. The lowest BCUT2D eigenvalue weighted by Crippen LogP contribution is -3.00. The minimum Gasteiger partial charge on any atom is -1.00 e. The molecule has 33 heavy (non-hydrogen) atoms. The molecule has 0 N–H and O–H groups in total. The Balaban J connectivity index is 0.00000259. The number of rotatable bonds is 6. The van der Waals surface area contributed by atoms with E-state index in [1.54, 1.807) is 6.20 Å². The summed E-state index contributed by atoms with van der Waals surface area (Å²) in [5.41, 5.74) is 0.850. The van der Waals surface area contributed by atoms with Crippen LogP contribution in [0.4, 0.5) is 0 Å². The second-order valence-corrected chi connectivity index (χ2v) is 11.7. The van der Waals surface area contributed by atoms with Crippen molar-refractivity contribution < 1.29 is 21.8 Å².